The van der Waals surface area contributed by atoms with Gasteiger partial charge in [0.25, 0.3) is 0 Å². The first kappa shape index (κ1) is 15.8. The first-order chi connectivity index (χ1) is 8.14. The largest absolute Gasteiger partial charge is 0.377 e. The molecule has 3 atom stereocenters. The first-order valence-electron chi connectivity index (χ1n) is 5.69. The Balaban J connectivity index is 2.54. The number of hydrogen-bond acceptors (Lipinski definition) is 6. The van der Waals surface area contributed by atoms with Crippen LogP contribution in [0, 0.1) is 0 Å². The fourth-order valence-corrected chi connectivity index (χ4v) is 4.67. The Hall–Kier alpha value is -0.220. The van der Waals surface area contributed by atoms with Crippen LogP contribution < -0.4 is 10.5 Å². The van der Waals surface area contributed by atoms with Crippen molar-refractivity contribution in [2.75, 3.05) is 24.4 Å². The number of nitrogens with one attached hydrogen (secondary N) is 1. The maximum atomic E-state index is 11.7. The third-order valence-corrected chi connectivity index (χ3v) is 5.36. The number of sulfone groups is 1. The van der Waals surface area contributed by atoms with E-state index >= 15 is 0 Å². The molecule has 0 aliphatic heterocycles. The number of rotatable bonds is 7. The van der Waals surface area contributed by atoms with E-state index in [1.807, 2.05) is 6.92 Å². The molecule has 9 heteroatoms. The Kier molecular flexibility index (Phi) is 5.13. The summed E-state index contributed by atoms with van der Waals surface area (Å²) in [6.07, 6.45) is 1.38. The van der Waals surface area contributed by atoms with Crippen molar-refractivity contribution in [2.24, 2.45) is 5.73 Å². The van der Waals surface area contributed by atoms with Gasteiger partial charge in [0.05, 0.1) is 23.7 Å². The van der Waals surface area contributed by atoms with Crippen LogP contribution in [-0.4, -0.2) is 59.4 Å². The van der Waals surface area contributed by atoms with Crippen LogP contribution in [0.5, 0.6) is 0 Å². The lowest BCUT2D eigenvalue weighted by Gasteiger charge is -2.42. The van der Waals surface area contributed by atoms with Gasteiger partial charge >= 0.3 is 0 Å². The quantitative estimate of drug-likeness (QED) is 0.588. The average molecular weight is 300 g/mol. The van der Waals surface area contributed by atoms with Crippen molar-refractivity contribution < 1.29 is 21.6 Å². The predicted molar refractivity (Wildman–Crippen MR) is 68.4 cm³/mol. The molecule has 1 fully saturated rings. The summed E-state index contributed by atoms with van der Waals surface area (Å²) in [6, 6.07) is -0.746. The van der Waals surface area contributed by atoms with Crippen LogP contribution in [0.3, 0.4) is 0 Å². The average Bonchev–Trinajstić information content (AvgIpc) is 2.23. The molecule has 1 rings (SSSR count). The van der Waals surface area contributed by atoms with E-state index in [9.17, 15) is 16.8 Å². The second-order valence-electron chi connectivity index (χ2n) is 4.49. The monoisotopic (exact) mass is 300 g/mol. The Morgan fingerprint density at radius 1 is 1.28 bits per heavy atom. The minimum atomic E-state index is -3.65. The van der Waals surface area contributed by atoms with E-state index in [2.05, 4.69) is 4.72 Å². The Morgan fingerprint density at radius 3 is 2.33 bits per heavy atom. The lowest BCUT2D eigenvalue weighted by atomic mass is 9.84. The highest BCUT2D eigenvalue weighted by atomic mass is 32.2. The molecule has 1 saturated carbocycles. The zero-order chi connectivity index (χ0) is 14.0. The van der Waals surface area contributed by atoms with E-state index in [1.54, 1.807) is 0 Å². The summed E-state index contributed by atoms with van der Waals surface area (Å²) in [6.45, 7) is 2.30. The lowest BCUT2D eigenvalue weighted by Crippen LogP contribution is -2.65. The van der Waals surface area contributed by atoms with Crippen LogP contribution in [0.25, 0.3) is 0 Å². The van der Waals surface area contributed by atoms with Gasteiger partial charge in [0, 0.05) is 18.9 Å². The van der Waals surface area contributed by atoms with Gasteiger partial charge in [-0.3, -0.25) is 0 Å². The predicted octanol–water partition coefficient (Wildman–Crippen LogP) is -1.54. The SMILES string of the molecule is CCOC1CC(N)C1NS(=O)(=O)CCS(C)(=O)=O. The van der Waals surface area contributed by atoms with Gasteiger partial charge in [-0.25, -0.2) is 21.6 Å². The summed E-state index contributed by atoms with van der Waals surface area (Å²) in [5.74, 6) is -0.850. The van der Waals surface area contributed by atoms with E-state index in [4.69, 9.17) is 10.5 Å². The molecular formula is C9H20N2O5S2. The molecule has 0 aromatic carbocycles. The molecule has 1 aliphatic rings. The topological polar surface area (TPSA) is 116 Å². The number of ether oxygens (including phenoxy) is 1. The molecule has 0 amide bonds. The molecule has 0 radical (unpaired) electrons. The smallest absolute Gasteiger partial charge is 0.212 e. The van der Waals surface area contributed by atoms with Crippen LogP contribution in [0.2, 0.25) is 0 Å². The van der Waals surface area contributed by atoms with Gasteiger partial charge in [-0.1, -0.05) is 0 Å². The van der Waals surface area contributed by atoms with Crippen LogP contribution >= 0.6 is 0 Å². The number of hydrogen-bond donors (Lipinski definition) is 2. The van der Waals surface area contributed by atoms with E-state index in [-0.39, 0.29) is 12.1 Å². The van der Waals surface area contributed by atoms with Gasteiger partial charge in [0.15, 0.2) is 0 Å². The van der Waals surface area contributed by atoms with Crippen molar-refractivity contribution in [2.45, 2.75) is 31.5 Å². The molecule has 3 unspecified atom stereocenters. The van der Waals surface area contributed by atoms with Crippen molar-refractivity contribution >= 4 is 19.9 Å². The van der Waals surface area contributed by atoms with E-state index in [1.165, 1.54) is 0 Å². The first-order valence-corrected chi connectivity index (χ1v) is 9.41. The lowest BCUT2D eigenvalue weighted by molar-refractivity contribution is -0.0248. The van der Waals surface area contributed by atoms with E-state index in [0.717, 1.165) is 6.26 Å². The summed E-state index contributed by atoms with van der Waals surface area (Å²) >= 11 is 0. The van der Waals surface area contributed by atoms with E-state index in [0.29, 0.717) is 13.0 Å². The standard InChI is InChI=1S/C9H20N2O5S2/c1-3-16-8-6-7(10)9(8)11-18(14,15)5-4-17(2,12)13/h7-9,11H,3-6,10H2,1-2H3. The molecule has 0 spiro atoms. The summed E-state index contributed by atoms with van der Waals surface area (Å²) in [5, 5.41) is 0. The summed E-state index contributed by atoms with van der Waals surface area (Å²) in [5.41, 5.74) is 5.71. The van der Waals surface area contributed by atoms with Gasteiger partial charge in [0.2, 0.25) is 10.0 Å². The van der Waals surface area contributed by atoms with Gasteiger partial charge < -0.3 is 10.5 Å². The molecular weight excluding hydrogens is 280 g/mol. The van der Waals surface area contributed by atoms with Gasteiger partial charge in [0.1, 0.15) is 9.84 Å². The van der Waals surface area contributed by atoms with E-state index < -0.39 is 37.4 Å². The summed E-state index contributed by atoms with van der Waals surface area (Å²) < 4.78 is 53.0. The second kappa shape index (κ2) is 5.83. The normalized spacial score (nSPS) is 28.9. The molecule has 0 aromatic rings. The molecule has 7 nitrogen and oxygen atoms in total. The molecule has 18 heavy (non-hydrogen) atoms. The molecule has 108 valence electrons. The molecule has 0 aromatic heterocycles. The van der Waals surface area contributed by atoms with Crippen molar-refractivity contribution in [3.63, 3.8) is 0 Å². The fraction of sp³-hybridized carbons (Fsp3) is 1.00. The highest BCUT2D eigenvalue weighted by Gasteiger charge is 2.41. The van der Waals surface area contributed by atoms with Crippen molar-refractivity contribution in [1.82, 2.24) is 4.72 Å². The number of sulfonamides is 1. The molecule has 0 bridgehead atoms. The summed E-state index contributed by atoms with van der Waals surface area (Å²) in [4.78, 5) is 0. The van der Waals surface area contributed by atoms with Crippen LogP contribution in [0.15, 0.2) is 0 Å². The Labute approximate surface area is 108 Å². The van der Waals surface area contributed by atoms with Crippen LogP contribution in [0.4, 0.5) is 0 Å². The maximum absolute atomic E-state index is 11.7. The van der Waals surface area contributed by atoms with Gasteiger partial charge in [-0.15, -0.1) is 0 Å². The zero-order valence-electron chi connectivity index (χ0n) is 10.5. The third kappa shape index (κ3) is 4.81. The molecule has 3 N–H and O–H groups in total. The maximum Gasteiger partial charge on any atom is 0.212 e. The van der Waals surface area contributed by atoms with Crippen molar-refractivity contribution in [1.29, 1.82) is 0 Å². The Morgan fingerprint density at radius 2 is 1.89 bits per heavy atom. The van der Waals surface area contributed by atoms with Crippen LogP contribution in [-0.2, 0) is 24.6 Å². The minimum Gasteiger partial charge on any atom is -0.377 e. The second-order valence-corrected chi connectivity index (χ2v) is 8.62. The fourth-order valence-electron chi connectivity index (χ4n) is 1.72. The van der Waals surface area contributed by atoms with Gasteiger partial charge in [-0.05, 0) is 13.3 Å². The minimum absolute atomic E-state index is 0.224. The van der Waals surface area contributed by atoms with Gasteiger partial charge in [-0.2, -0.15) is 0 Å². The molecule has 0 saturated heterocycles. The third-order valence-electron chi connectivity index (χ3n) is 2.79. The highest BCUT2D eigenvalue weighted by Crippen LogP contribution is 2.23. The molecule has 1 aliphatic carbocycles. The van der Waals surface area contributed by atoms with Crippen molar-refractivity contribution in [3.8, 4) is 0 Å². The van der Waals surface area contributed by atoms with Crippen LogP contribution in [0.1, 0.15) is 13.3 Å². The molecule has 0 heterocycles. The van der Waals surface area contributed by atoms with Crippen molar-refractivity contribution in [3.05, 3.63) is 0 Å². The zero-order valence-corrected chi connectivity index (χ0v) is 12.1. The summed E-state index contributed by atoms with van der Waals surface area (Å²) in [7, 11) is -6.95. The highest BCUT2D eigenvalue weighted by molar-refractivity contribution is 7.93. The Bertz CT molecular complexity index is 471. The number of nitrogens with two attached hydrogens (primary N) is 1.